The van der Waals surface area contributed by atoms with Crippen molar-refractivity contribution in [2.45, 2.75) is 20.3 Å². The summed E-state index contributed by atoms with van der Waals surface area (Å²) in [5.41, 5.74) is 6.13. The molecular formula is C15H22N2O4. The average molecular weight is 294 g/mol. The lowest BCUT2D eigenvalue weighted by Gasteiger charge is -2.14. The predicted molar refractivity (Wildman–Crippen MR) is 80.4 cm³/mol. The van der Waals surface area contributed by atoms with Gasteiger partial charge in [-0.3, -0.25) is 4.79 Å². The van der Waals surface area contributed by atoms with Gasteiger partial charge in [0.05, 0.1) is 31.5 Å². The third-order valence-corrected chi connectivity index (χ3v) is 2.81. The van der Waals surface area contributed by atoms with E-state index in [1.807, 2.05) is 0 Å². The zero-order chi connectivity index (χ0) is 15.8. The summed E-state index contributed by atoms with van der Waals surface area (Å²) in [6, 6.07) is 4.72. The van der Waals surface area contributed by atoms with Crippen LogP contribution in [0, 0.1) is 5.92 Å². The first-order chi connectivity index (χ1) is 9.97. The molecule has 21 heavy (non-hydrogen) atoms. The maximum Gasteiger partial charge on any atom is 0.337 e. The molecule has 6 nitrogen and oxygen atoms in total. The zero-order valence-corrected chi connectivity index (χ0v) is 12.6. The summed E-state index contributed by atoms with van der Waals surface area (Å²) in [5.74, 6) is 0.145. The van der Waals surface area contributed by atoms with Gasteiger partial charge in [-0.05, 0) is 30.5 Å². The van der Waals surface area contributed by atoms with E-state index in [9.17, 15) is 9.59 Å². The first-order valence-electron chi connectivity index (χ1n) is 6.83. The number of rotatable bonds is 7. The standard InChI is InChI=1S/C15H22N2O4/c1-10(2)6-7-21-13-8-11(15(19)20-3)4-5-12(13)17-14(18)9-16/h4-5,8,10H,6-7,9,16H2,1-3H3,(H,17,18). The molecule has 0 aliphatic carbocycles. The largest absolute Gasteiger partial charge is 0.491 e. The number of nitrogens with one attached hydrogen (secondary N) is 1. The van der Waals surface area contributed by atoms with E-state index in [1.54, 1.807) is 18.2 Å². The molecule has 0 saturated carbocycles. The van der Waals surface area contributed by atoms with Gasteiger partial charge in [0.2, 0.25) is 5.91 Å². The number of carbonyl (C=O) groups excluding carboxylic acids is 2. The first kappa shape index (κ1) is 17.0. The van der Waals surface area contributed by atoms with Crippen molar-refractivity contribution in [3.05, 3.63) is 23.8 Å². The van der Waals surface area contributed by atoms with Crippen LogP contribution < -0.4 is 15.8 Å². The van der Waals surface area contributed by atoms with E-state index in [4.69, 9.17) is 10.5 Å². The highest BCUT2D eigenvalue weighted by molar-refractivity contribution is 5.95. The molecule has 1 rings (SSSR count). The third kappa shape index (κ3) is 5.43. The van der Waals surface area contributed by atoms with Crippen LogP contribution in [0.4, 0.5) is 5.69 Å². The van der Waals surface area contributed by atoms with Crippen LogP contribution in [0.1, 0.15) is 30.6 Å². The van der Waals surface area contributed by atoms with E-state index in [2.05, 4.69) is 23.9 Å². The van der Waals surface area contributed by atoms with Crippen LogP contribution in [0.2, 0.25) is 0 Å². The second kappa shape index (κ2) is 8.26. The smallest absolute Gasteiger partial charge is 0.337 e. The summed E-state index contributed by atoms with van der Waals surface area (Å²) in [7, 11) is 1.31. The number of nitrogens with two attached hydrogens (primary N) is 1. The van der Waals surface area contributed by atoms with E-state index in [0.717, 1.165) is 6.42 Å². The first-order valence-corrected chi connectivity index (χ1v) is 6.83. The lowest BCUT2D eigenvalue weighted by molar-refractivity contribution is -0.114. The number of carbonyl (C=O) groups is 2. The van der Waals surface area contributed by atoms with Crippen LogP contribution in [0.5, 0.6) is 5.75 Å². The van der Waals surface area contributed by atoms with Gasteiger partial charge in [0.1, 0.15) is 5.75 Å². The number of esters is 1. The molecule has 0 atom stereocenters. The quantitative estimate of drug-likeness (QED) is 0.748. The van der Waals surface area contributed by atoms with Crippen molar-refractivity contribution < 1.29 is 19.1 Å². The van der Waals surface area contributed by atoms with Crippen LogP contribution in [0.3, 0.4) is 0 Å². The molecule has 0 fully saturated rings. The summed E-state index contributed by atoms with van der Waals surface area (Å²) in [6.07, 6.45) is 0.868. The highest BCUT2D eigenvalue weighted by Crippen LogP contribution is 2.26. The Morgan fingerprint density at radius 1 is 1.33 bits per heavy atom. The van der Waals surface area contributed by atoms with E-state index in [-0.39, 0.29) is 12.5 Å². The zero-order valence-electron chi connectivity index (χ0n) is 12.6. The molecule has 1 aromatic carbocycles. The Hall–Kier alpha value is -2.08. The minimum absolute atomic E-state index is 0.121. The van der Waals surface area contributed by atoms with Crippen molar-refractivity contribution >= 4 is 17.6 Å². The molecule has 116 valence electrons. The lowest BCUT2D eigenvalue weighted by atomic mass is 10.1. The van der Waals surface area contributed by atoms with Crippen molar-refractivity contribution in [2.24, 2.45) is 11.7 Å². The van der Waals surface area contributed by atoms with E-state index < -0.39 is 5.97 Å². The maximum atomic E-state index is 11.6. The van der Waals surface area contributed by atoms with Gasteiger partial charge in [0.15, 0.2) is 0 Å². The molecule has 1 amide bonds. The lowest BCUT2D eigenvalue weighted by Crippen LogP contribution is -2.22. The van der Waals surface area contributed by atoms with Gasteiger partial charge < -0.3 is 20.5 Å². The summed E-state index contributed by atoms with van der Waals surface area (Å²) < 4.78 is 10.3. The number of amides is 1. The topological polar surface area (TPSA) is 90.7 Å². The summed E-state index contributed by atoms with van der Waals surface area (Å²) >= 11 is 0. The van der Waals surface area contributed by atoms with Crippen molar-refractivity contribution in [3.63, 3.8) is 0 Å². The van der Waals surface area contributed by atoms with Gasteiger partial charge in [0, 0.05) is 0 Å². The molecule has 0 spiro atoms. The second-order valence-electron chi connectivity index (χ2n) is 4.99. The van der Waals surface area contributed by atoms with Gasteiger partial charge in [-0.15, -0.1) is 0 Å². The summed E-state index contributed by atoms with van der Waals surface area (Å²) in [4.78, 5) is 23.0. The molecule has 0 radical (unpaired) electrons. The van der Waals surface area contributed by atoms with Crippen LogP contribution in [0.25, 0.3) is 0 Å². The van der Waals surface area contributed by atoms with E-state index >= 15 is 0 Å². The summed E-state index contributed by atoms with van der Waals surface area (Å²) in [5, 5.41) is 2.64. The van der Waals surface area contributed by atoms with Crippen molar-refractivity contribution in [1.82, 2.24) is 0 Å². The van der Waals surface area contributed by atoms with Crippen LogP contribution >= 0.6 is 0 Å². The molecule has 0 heterocycles. The Labute approximate surface area is 124 Å². The number of hydrogen-bond donors (Lipinski definition) is 2. The predicted octanol–water partition coefficient (Wildman–Crippen LogP) is 1.80. The average Bonchev–Trinajstić information content (AvgIpc) is 2.47. The maximum absolute atomic E-state index is 11.6. The fourth-order valence-electron chi connectivity index (χ4n) is 1.60. The number of methoxy groups -OCH3 is 1. The van der Waals surface area contributed by atoms with Crippen LogP contribution in [-0.2, 0) is 9.53 Å². The molecule has 0 saturated heterocycles. The van der Waals surface area contributed by atoms with Gasteiger partial charge in [-0.1, -0.05) is 13.8 Å². The van der Waals surface area contributed by atoms with E-state index in [0.29, 0.717) is 29.5 Å². The molecule has 0 bridgehead atoms. The Kier molecular flexibility index (Phi) is 6.68. The highest BCUT2D eigenvalue weighted by atomic mass is 16.5. The molecular weight excluding hydrogens is 272 g/mol. The van der Waals surface area contributed by atoms with Crippen molar-refractivity contribution in [2.75, 3.05) is 25.6 Å². The molecule has 0 unspecified atom stereocenters. The van der Waals surface area contributed by atoms with Crippen molar-refractivity contribution in [1.29, 1.82) is 0 Å². The molecule has 0 aliphatic heterocycles. The minimum Gasteiger partial charge on any atom is -0.491 e. The van der Waals surface area contributed by atoms with Crippen LogP contribution in [0.15, 0.2) is 18.2 Å². The highest BCUT2D eigenvalue weighted by Gasteiger charge is 2.12. The second-order valence-corrected chi connectivity index (χ2v) is 4.99. The normalized spacial score (nSPS) is 10.3. The molecule has 0 aromatic heterocycles. The fraction of sp³-hybridized carbons (Fsp3) is 0.467. The fourth-order valence-corrected chi connectivity index (χ4v) is 1.60. The number of benzene rings is 1. The van der Waals surface area contributed by atoms with Gasteiger partial charge >= 0.3 is 5.97 Å². The number of anilines is 1. The molecule has 6 heteroatoms. The Balaban J connectivity index is 2.94. The molecule has 3 N–H and O–H groups in total. The van der Waals surface area contributed by atoms with Gasteiger partial charge in [-0.25, -0.2) is 4.79 Å². The molecule has 1 aromatic rings. The minimum atomic E-state index is -0.458. The number of hydrogen-bond acceptors (Lipinski definition) is 5. The Morgan fingerprint density at radius 2 is 2.05 bits per heavy atom. The Morgan fingerprint density at radius 3 is 2.62 bits per heavy atom. The van der Waals surface area contributed by atoms with E-state index in [1.165, 1.54) is 7.11 Å². The third-order valence-electron chi connectivity index (χ3n) is 2.81. The monoisotopic (exact) mass is 294 g/mol. The summed E-state index contributed by atoms with van der Waals surface area (Å²) in [6.45, 7) is 4.55. The molecule has 0 aliphatic rings. The number of ether oxygens (including phenoxy) is 2. The van der Waals surface area contributed by atoms with Gasteiger partial charge in [0.25, 0.3) is 0 Å². The van der Waals surface area contributed by atoms with Crippen LogP contribution in [-0.4, -0.2) is 32.1 Å². The van der Waals surface area contributed by atoms with Crippen molar-refractivity contribution in [3.8, 4) is 5.75 Å². The Bertz CT molecular complexity index is 500. The SMILES string of the molecule is COC(=O)c1ccc(NC(=O)CN)c(OCCC(C)C)c1. The van der Waals surface area contributed by atoms with Gasteiger partial charge in [-0.2, -0.15) is 0 Å².